The third kappa shape index (κ3) is 4.09. The fraction of sp³-hybridized carbons (Fsp3) is 0.435. The van der Waals surface area contributed by atoms with Crippen LogP contribution >= 0.6 is 0 Å². The lowest BCUT2D eigenvalue weighted by Crippen LogP contribution is -2.42. The number of fused-ring (bicyclic) bond motifs is 1. The standard InChI is InChI=1S/C23H28N2O3S/c1-17-13-18(2)15-24(14-17)23(26)20-7-9-22(10-8-20)29(27,28)25-12-11-19-5-3-4-6-21(19)16-25/h3-10,17-18H,11-16H2,1-2H3/t17-,18-/m0/s1. The number of amides is 1. The van der Waals surface area contributed by atoms with Gasteiger partial charge in [-0.3, -0.25) is 4.79 Å². The predicted octanol–water partition coefficient (Wildman–Crippen LogP) is 3.55. The van der Waals surface area contributed by atoms with E-state index in [1.165, 1.54) is 9.87 Å². The van der Waals surface area contributed by atoms with Crippen LogP contribution in [-0.4, -0.2) is 43.2 Å². The lowest BCUT2D eigenvalue weighted by molar-refractivity contribution is 0.0623. The summed E-state index contributed by atoms with van der Waals surface area (Å²) in [4.78, 5) is 15.0. The van der Waals surface area contributed by atoms with Crippen molar-refractivity contribution in [2.24, 2.45) is 11.8 Å². The van der Waals surface area contributed by atoms with E-state index in [1.54, 1.807) is 24.3 Å². The SMILES string of the molecule is C[C@H]1C[C@H](C)CN(C(=O)c2ccc(S(=O)(=O)N3CCc4ccccc4C3)cc2)C1. The Kier molecular flexibility index (Phi) is 5.49. The molecule has 6 heteroatoms. The molecule has 0 aromatic heterocycles. The molecule has 0 unspecified atom stereocenters. The molecule has 2 heterocycles. The van der Waals surface area contributed by atoms with E-state index >= 15 is 0 Å². The molecule has 2 aromatic carbocycles. The van der Waals surface area contributed by atoms with E-state index in [-0.39, 0.29) is 10.8 Å². The zero-order chi connectivity index (χ0) is 20.6. The zero-order valence-electron chi connectivity index (χ0n) is 17.0. The van der Waals surface area contributed by atoms with E-state index in [4.69, 9.17) is 0 Å². The number of nitrogens with zero attached hydrogens (tertiary/aromatic N) is 2. The Morgan fingerprint density at radius 1 is 0.931 bits per heavy atom. The highest BCUT2D eigenvalue weighted by molar-refractivity contribution is 7.89. The highest BCUT2D eigenvalue weighted by atomic mass is 32.2. The normalized spacial score (nSPS) is 22.9. The summed E-state index contributed by atoms with van der Waals surface area (Å²) < 4.78 is 27.7. The summed E-state index contributed by atoms with van der Waals surface area (Å²) >= 11 is 0. The predicted molar refractivity (Wildman–Crippen MR) is 113 cm³/mol. The van der Waals surface area contributed by atoms with Gasteiger partial charge >= 0.3 is 0 Å². The summed E-state index contributed by atoms with van der Waals surface area (Å²) in [5, 5.41) is 0. The highest BCUT2D eigenvalue weighted by Gasteiger charge is 2.29. The van der Waals surface area contributed by atoms with E-state index < -0.39 is 10.0 Å². The Bertz CT molecular complexity index is 991. The van der Waals surface area contributed by atoms with E-state index in [0.29, 0.717) is 30.5 Å². The number of rotatable bonds is 3. The number of carbonyl (C=O) groups is 1. The molecule has 0 bridgehead atoms. The second kappa shape index (κ2) is 7.92. The van der Waals surface area contributed by atoms with Crippen LogP contribution in [0.1, 0.15) is 41.8 Å². The maximum atomic E-state index is 13.1. The zero-order valence-corrected chi connectivity index (χ0v) is 17.9. The van der Waals surface area contributed by atoms with Crippen molar-refractivity contribution >= 4 is 15.9 Å². The van der Waals surface area contributed by atoms with Crippen molar-refractivity contribution in [3.63, 3.8) is 0 Å². The molecular formula is C23H28N2O3S. The summed E-state index contributed by atoms with van der Waals surface area (Å²) in [5.41, 5.74) is 2.82. The maximum absolute atomic E-state index is 13.1. The van der Waals surface area contributed by atoms with Gasteiger partial charge in [-0.1, -0.05) is 38.1 Å². The first-order chi connectivity index (χ1) is 13.8. The molecule has 0 saturated carbocycles. The van der Waals surface area contributed by atoms with Crippen molar-refractivity contribution < 1.29 is 13.2 Å². The summed E-state index contributed by atoms with van der Waals surface area (Å²) in [6, 6.07) is 14.4. The van der Waals surface area contributed by atoms with Gasteiger partial charge in [0.25, 0.3) is 5.91 Å². The largest absolute Gasteiger partial charge is 0.338 e. The van der Waals surface area contributed by atoms with Gasteiger partial charge in [0.1, 0.15) is 0 Å². The Morgan fingerprint density at radius 2 is 1.55 bits per heavy atom. The Morgan fingerprint density at radius 3 is 2.21 bits per heavy atom. The molecule has 0 aliphatic carbocycles. The Labute approximate surface area is 173 Å². The quantitative estimate of drug-likeness (QED) is 0.775. The summed E-state index contributed by atoms with van der Waals surface area (Å²) in [5.74, 6) is 0.966. The molecule has 2 aromatic rings. The second-order valence-electron chi connectivity index (χ2n) is 8.54. The third-order valence-corrected chi connectivity index (χ3v) is 7.85. The maximum Gasteiger partial charge on any atom is 0.253 e. The van der Waals surface area contributed by atoms with Crippen LogP contribution in [-0.2, 0) is 23.0 Å². The first-order valence-corrected chi connectivity index (χ1v) is 11.7. The molecule has 0 N–H and O–H groups in total. The number of hydrogen-bond acceptors (Lipinski definition) is 3. The van der Waals surface area contributed by atoms with Gasteiger partial charge < -0.3 is 4.90 Å². The summed E-state index contributed by atoms with van der Waals surface area (Å²) in [6.45, 7) is 6.73. The fourth-order valence-corrected chi connectivity index (χ4v) is 6.02. The van der Waals surface area contributed by atoms with Crippen molar-refractivity contribution in [1.29, 1.82) is 0 Å². The van der Waals surface area contributed by atoms with Crippen molar-refractivity contribution in [2.75, 3.05) is 19.6 Å². The number of hydrogen-bond donors (Lipinski definition) is 0. The van der Waals surface area contributed by atoms with Crippen LogP contribution < -0.4 is 0 Å². The van der Waals surface area contributed by atoms with E-state index in [2.05, 4.69) is 19.9 Å². The van der Waals surface area contributed by atoms with Crippen LogP contribution in [0.3, 0.4) is 0 Å². The number of carbonyl (C=O) groups excluding carboxylic acids is 1. The molecule has 2 aliphatic rings. The van der Waals surface area contributed by atoms with Gasteiger partial charge in [-0.25, -0.2) is 8.42 Å². The minimum absolute atomic E-state index is 0.0146. The van der Waals surface area contributed by atoms with Gasteiger partial charge in [0.05, 0.1) is 4.90 Å². The molecule has 29 heavy (non-hydrogen) atoms. The van der Waals surface area contributed by atoms with Gasteiger partial charge in [0.15, 0.2) is 0 Å². The smallest absolute Gasteiger partial charge is 0.253 e. The van der Waals surface area contributed by atoms with Gasteiger partial charge in [-0.2, -0.15) is 4.31 Å². The summed E-state index contributed by atoms with van der Waals surface area (Å²) in [6.07, 6.45) is 1.86. The lowest BCUT2D eigenvalue weighted by Gasteiger charge is -2.35. The number of benzene rings is 2. The van der Waals surface area contributed by atoms with Crippen LogP contribution in [0.4, 0.5) is 0 Å². The molecule has 4 rings (SSSR count). The van der Waals surface area contributed by atoms with E-state index in [0.717, 1.165) is 31.5 Å². The highest BCUT2D eigenvalue weighted by Crippen LogP contribution is 2.26. The molecule has 2 atom stereocenters. The second-order valence-corrected chi connectivity index (χ2v) is 10.5. The number of sulfonamides is 1. The molecule has 5 nitrogen and oxygen atoms in total. The lowest BCUT2D eigenvalue weighted by atomic mass is 9.91. The van der Waals surface area contributed by atoms with Gasteiger partial charge in [0.2, 0.25) is 10.0 Å². The Balaban J connectivity index is 1.51. The van der Waals surface area contributed by atoms with Gasteiger partial charge in [0, 0.05) is 31.7 Å². The molecular weight excluding hydrogens is 384 g/mol. The molecule has 2 aliphatic heterocycles. The van der Waals surface area contributed by atoms with Crippen molar-refractivity contribution in [3.05, 3.63) is 65.2 Å². The fourth-order valence-electron chi connectivity index (χ4n) is 4.60. The number of likely N-dealkylation sites (tertiary alicyclic amines) is 1. The first kappa shape index (κ1) is 20.1. The first-order valence-electron chi connectivity index (χ1n) is 10.3. The molecule has 0 spiro atoms. The van der Waals surface area contributed by atoms with Crippen LogP contribution in [0.25, 0.3) is 0 Å². The molecule has 154 valence electrons. The van der Waals surface area contributed by atoms with Crippen LogP contribution in [0.15, 0.2) is 53.4 Å². The third-order valence-electron chi connectivity index (χ3n) is 5.99. The topological polar surface area (TPSA) is 57.7 Å². The van der Waals surface area contributed by atoms with Crippen molar-refractivity contribution in [3.8, 4) is 0 Å². The van der Waals surface area contributed by atoms with Crippen LogP contribution in [0, 0.1) is 11.8 Å². The number of piperidine rings is 1. The van der Waals surface area contributed by atoms with Crippen LogP contribution in [0.2, 0.25) is 0 Å². The molecule has 1 fully saturated rings. The summed E-state index contributed by atoms with van der Waals surface area (Å²) in [7, 11) is -3.58. The average Bonchev–Trinajstić information content (AvgIpc) is 2.72. The van der Waals surface area contributed by atoms with E-state index in [1.807, 2.05) is 23.1 Å². The molecule has 1 amide bonds. The average molecular weight is 413 g/mol. The monoisotopic (exact) mass is 412 g/mol. The van der Waals surface area contributed by atoms with Crippen molar-refractivity contribution in [2.45, 2.75) is 38.1 Å². The minimum Gasteiger partial charge on any atom is -0.338 e. The van der Waals surface area contributed by atoms with Gasteiger partial charge in [-0.15, -0.1) is 0 Å². The Hall–Kier alpha value is -2.18. The van der Waals surface area contributed by atoms with Crippen molar-refractivity contribution in [1.82, 2.24) is 9.21 Å². The molecule has 1 saturated heterocycles. The minimum atomic E-state index is -3.58. The van der Waals surface area contributed by atoms with E-state index in [9.17, 15) is 13.2 Å². The van der Waals surface area contributed by atoms with Gasteiger partial charge in [-0.05, 0) is 60.1 Å². The molecule has 0 radical (unpaired) electrons. The van der Waals surface area contributed by atoms with Crippen LogP contribution in [0.5, 0.6) is 0 Å².